The summed E-state index contributed by atoms with van der Waals surface area (Å²) in [6.45, 7) is 7.94. The van der Waals surface area contributed by atoms with Gasteiger partial charge in [0.2, 0.25) is 0 Å². The molecular weight excluding hydrogens is 438 g/mol. The Kier molecular flexibility index (Phi) is 7.53. The summed E-state index contributed by atoms with van der Waals surface area (Å²) >= 11 is 0. The number of phenolic OH excluding ortho intramolecular Hbond substituents is 1. The first-order chi connectivity index (χ1) is 16.0. The average molecular weight is 472 g/mol. The van der Waals surface area contributed by atoms with Crippen LogP contribution in [0.3, 0.4) is 0 Å². The SMILES string of the molecule is CC1(C)CCC(C)(C)c2cc(/C(COc3ccc(C(=O)OCC(O)CO)c(O)c3)=N\O)ccc21. The van der Waals surface area contributed by atoms with Crippen LogP contribution in [0.5, 0.6) is 11.5 Å². The summed E-state index contributed by atoms with van der Waals surface area (Å²) in [5.41, 5.74) is 3.59. The molecule has 0 bridgehead atoms. The van der Waals surface area contributed by atoms with E-state index in [0.717, 1.165) is 18.4 Å². The predicted molar refractivity (Wildman–Crippen MR) is 127 cm³/mol. The van der Waals surface area contributed by atoms with Gasteiger partial charge in [0.05, 0.1) is 6.61 Å². The van der Waals surface area contributed by atoms with Crippen LogP contribution < -0.4 is 4.74 Å². The zero-order chi connectivity index (χ0) is 25.1. The zero-order valence-electron chi connectivity index (χ0n) is 20.0. The smallest absolute Gasteiger partial charge is 0.342 e. The number of aliphatic hydroxyl groups is 2. The van der Waals surface area contributed by atoms with Crippen LogP contribution in [-0.4, -0.2) is 58.1 Å². The average Bonchev–Trinajstić information content (AvgIpc) is 2.80. The number of fused-ring (bicyclic) bond motifs is 1. The molecule has 0 spiro atoms. The van der Waals surface area contributed by atoms with Gasteiger partial charge in [-0.25, -0.2) is 4.79 Å². The Balaban J connectivity index is 1.73. The Morgan fingerprint density at radius 3 is 2.35 bits per heavy atom. The lowest BCUT2D eigenvalue weighted by Crippen LogP contribution is -2.34. The molecule has 1 aliphatic rings. The molecule has 0 radical (unpaired) electrons. The summed E-state index contributed by atoms with van der Waals surface area (Å²) in [5.74, 6) is -0.931. The fraction of sp³-hybridized carbons (Fsp3) is 0.462. The highest BCUT2D eigenvalue weighted by atomic mass is 16.5. The molecule has 8 heteroatoms. The highest BCUT2D eigenvalue weighted by Crippen LogP contribution is 2.46. The summed E-state index contributed by atoms with van der Waals surface area (Å²) in [7, 11) is 0. The largest absolute Gasteiger partial charge is 0.507 e. The lowest BCUT2D eigenvalue weighted by molar-refractivity contribution is 0.00913. The maximum Gasteiger partial charge on any atom is 0.342 e. The number of esters is 1. The fourth-order valence-corrected chi connectivity index (χ4v) is 4.17. The van der Waals surface area contributed by atoms with Crippen LogP contribution in [0.4, 0.5) is 0 Å². The van der Waals surface area contributed by atoms with Gasteiger partial charge in [0.25, 0.3) is 0 Å². The van der Waals surface area contributed by atoms with E-state index in [4.69, 9.17) is 14.6 Å². The summed E-state index contributed by atoms with van der Waals surface area (Å²) in [6, 6.07) is 10.1. The second-order valence-corrected chi connectivity index (χ2v) is 9.98. The minimum atomic E-state index is -1.19. The number of oxime groups is 1. The van der Waals surface area contributed by atoms with Crippen LogP contribution >= 0.6 is 0 Å². The summed E-state index contributed by atoms with van der Waals surface area (Å²) < 4.78 is 10.6. The number of aromatic hydroxyl groups is 1. The van der Waals surface area contributed by atoms with Gasteiger partial charge in [-0.05, 0) is 53.0 Å². The third-order valence-corrected chi connectivity index (χ3v) is 6.49. The van der Waals surface area contributed by atoms with Gasteiger partial charge >= 0.3 is 5.97 Å². The molecule has 2 aromatic rings. The second-order valence-electron chi connectivity index (χ2n) is 9.98. The Morgan fingerprint density at radius 1 is 1.06 bits per heavy atom. The fourth-order valence-electron chi connectivity index (χ4n) is 4.17. The third-order valence-electron chi connectivity index (χ3n) is 6.49. The Bertz CT molecular complexity index is 1070. The molecule has 4 N–H and O–H groups in total. The molecule has 0 fully saturated rings. The lowest BCUT2D eigenvalue weighted by Gasteiger charge is -2.42. The van der Waals surface area contributed by atoms with Crippen molar-refractivity contribution in [2.75, 3.05) is 19.8 Å². The number of hydrogen-bond acceptors (Lipinski definition) is 8. The molecule has 1 aliphatic carbocycles. The molecule has 0 heterocycles. The van der Waals surface area contributed by atoms with Gasteiger partial charge in [0.15, 0.2) is 0 Å². The van der Waals surface area contributed by atoms with E-state index in [0.29, 0.717) is 5.71 Å². The molecule has 1 unspecified atom stereocenters. The van der Waals surface area contributed by atoms with Gasteiger partial charge < -0.3 is 30.0 Å². The quantitative estimate of drug-likeness (QED) is 0.201. The van der Waals surface area contributed by atoms with Crippen molar-refractivity contribution < 1.29 is 34.8 Å². The van der Waals surface area contributed by atoms with Crippen molar-refractivity contribution in [3.05, 3.63) is 58.7 Å². The lowest BCUT2D eigenvalue weighted by atomic mass is 9.63. The highest BCUT2D eigenvalue weighted by Gasteiger charge is 2.37. The van der Waals surface area contributed by atoms with Crippen LogP contribution in [0.25, 0.3) is 0 Å². The van der Waals surface area contributed by atoms with E-state index in [1.807, 2.05) is 6.07 Å². The topological polar surface area (TPSA) is 129 Å². The second kappa shape index (κ2) is 10.0. The van der Waals surface area contributed by atoms with Gasteiger partial charge in [-0.1, -0.05) is 45.0 Å². The third kappa shape index (κ3) is 5.51. The molecular formula is C26H33NO7. The number of hydrogen-bond donors (Lipinski definition) is 4. The van der Waals surface area contributed by atoms with E-state index in [1.165, 1.54) is 29.3 Å². The Labute approximate surface area is 199 Å². The van der Waals surface area contributed by atoms with Gasteiger partial charge in [0, 0.05) is 11.6 Å². The summed E-state index contributed by atoms with van der Waals surface area (Å²) in [4.78, 5) is 12.0. The maximum absolute atomic E-state index is 12.0. The highest BCUT2D eigenvalue weighted by molar-refractivity contribution is 6.01. The molecule has 34 heavy (non-hydrogen) atoms. The minimum absolute atomic E-state index is 0.00569. The summed E-state index contributed by atoms with van der Waals surface area (Å²) in [5, 5.41) is 41.3. The molecule has 184 valence electrons. The first-order valence-electron chi connectivity index (χ1n) is 11.3. The Morgan fingerprint density at radius 2 is 1.74 bits per heavy atom. The van der Waals surface area contributed by atoms with E-state index in [2.05, 4.69) is 45.0 Å². The molecule has 3 rings (SSSR count). The van der Waals surface area contributed by atoms with E-state index in [9.17, 15) is 20.2 Å². The van der Waals surface area contributed by atoms with Gasteiger partial charge in [0.1, 0.15) is 42.1 Å². The molecule has 0 aliphatic heterocycles. The molecule has 2 aromatic carbocycles. The molecule has 0 saturated carbocycles. The van der Waals surface area contributed by atoms with E-state index < -0.39 is 25.3 Å². The maximum atomic E-state index is 12.0. The van der Waals surface area contributed by atoms with Crippen molar-refractivity contribution in [1.29, 1.82) is 0 Å². The van der Waals surface area contributed by atoms with Crippen molar-refractivity contribution >= 4 is 11.7 Å². The number of aliphatic hydroxyl groups excluding tert-OH is 2. The van der Waals surface area contributed by atoms with Crippen LogP contribution in [0.2, 0.25) is 0 Å². The standard InChI is InChI=1S/C26H33NO7/c1-25(2)9-10-26(3,4)21-11-16(5-8-20(21)25)22(27-32)15-33-18-6-7-19(23(30)12-18)24(31)34-14-17(29)13-28/h5-8,11-12,17,28-30,32H,9-10,13-15H2,1-4H3/b27-22-. The van der Waals surface area contributed by atoms with Crippen molar-refractivity contribution in [1.82, 2.24) is 0 Å². The van der Waals surface area contributed by atoms with E-state index in [-0.39, 0.29) is 34.5 Å². The molecule has 0 saturated heterocycles. The number of phenols is 1. The molecule has 0 amide bonds. The zero-order valence-corrected chi connectivity index (χ0v) is 20.0. The first-order valence-corrected chi connectivity index (χ1v) is 11.3. The first kappa shape index (κ1) is 25.5. The Hall–Kier alpha value is -3.10. The van der Waals surface area contributed by atoms with Crippen molar-refractivity contribution in [2.24, 2.45) is 5.16 Å². The molecule has 0 aromatic heterocycles. The number of benzene rings is 2. The van der Waals surface area contributed by atoms with Crippen LogP contribution in [0, 0.1) is 0 Å². The van der Waals surface area contributed by atoms with E-state index >= 15 is 0 Å². The molecule has 1 atom stereocenters. The van der Waals surface area contributed by atoms with Crippen LogP contribution in [-0.2, 0) is 15.6 Å². The van der Waals surface area contributed by atoms with Gasteiger partial charge in [-0.15, -0.1) is 0 Å². The number of ether oxygens (including phenoxy) is 2. The number of carbonyl (C=O) groups excluding carboxylic acids is 1. The minimum Gasteiger partial charge on any atom is -0.507 e. The van der Waals surface area contributed by atoms with Crippen LogP contribution in [0.1, 0.15) is 67.6 Å². The number of nitrogens with zero attached hydrogens (tertiary/aromatic N) is 1. The summed E-state index contributed by atoms with van der Waals surface area (Å²) in [6.07, 6.45) is 0.974. The number of carbonyl (C=O) groups is 1. The van der Waals surface area contributed by atoms with Gasteiger partial charge in [-0.2, -0.15) is 0 Å². The monoisotopic (exact) mass is 471 g/mol. The van der Waals surface area contributed by atoms with Gasteiger partial charge in [-0.3, -0.25) is 0 Å². The van der Waals surface area contributed by atoms with Crippen molar-refractivity contribution in [3.8, 4) is 11.5 Å². The predicted octanol–water partition coefficient (Wildman–Crippen LogP) is 3.51. The number of rotatable bonds is 8. The molecule has 8 nitrogen and oxygen atoms in total. The van der Waals surface area contributed by atoms with E-state index in [1.54, 1.807) is 0 Å². The van der Waals surface area contributed by atoms with Crippen molar-refractivity contribution in [3.63, 3.8) is 0 Å². The van der Waals surface area contributed by atoms with Crippen molar-refractivity contribution in [2.45, 2.75) is 57.5 Å². The normalized spacial score (nSPS) is 17.5. The van der Waals surface area contributed by atoms with Crippen LogP contribution in [0.15, 0.2) is 41.6 Å².